The van der Waals surface area contributed by atoms with Crippen LogP contribution in [0.3, 0.4) is 0 Å². The fourth-order valence-corrected chi connectivity index (χ4v) is 4.03. The van der Waals surface area contributed by atoms with Gasteiger partial charge in [-0.1, -0.05) is 22.0 Å². The fraction of sp³-hybridized carbons (Fsp3) is 0.455. The van der Waals surface area contributed by atoms with E-state index < -0.39 is 20.0 Å². The van der Waals surface area contributed by atoms with Crippen molar-refractivity contribution in [2.45, 2.75) is 12.8 Å². The number of sulfonamides is 2. The SMILES string of the molecule is CS(=O)(=O)N1CCCc2ccc(NS(=O)(=O)CBr)cc21. The lowest BCUT2D eigenvalue weighted by Crippen LogP contribution is -2.34. The van der Waals surface area contributed by atoms with E-state index in [1.54, 1.807) is 18.2 Å². The maximum absolute atomic E-state index is 11.8. The van der Waals surface area contributed by atoms with E-state index in [1.807, 2.05) is 0 Å². The van der Waals surface area contributed by atoms with Crippen LogP contribution in [0.2, 0.25) is 0 Å². The quantitative estimate of drug-likeness (QED) is 0.799. The molecule has 1 heterocycles. The third kappa shape index (κ3) is 3.44. The van der Waals surface area contributed by atoms with E-state index in [9.17, 15) is 16.8 Å². The Hall–Kier alpha value is -0.800. The van der Waals surface area contributed by atoms with Crippen molar-refractivity contribution in [3.63, 3.8) is 0 Å². The van der Waals surface area contributed by atoms with Crippen molar-refractivity contribution in [1.82, 2.24) is 0 Å². The molecular weight excluding hydrogens is 368 g/mol. The first-order valence-corrected chi connectivity index (χ1v) is 10.5. The van der Waals surface area contributed by atoms with Crippen LogP contribution in [0, 0.1) is 0 Å². The van der Waals surface area contributed by atoms with Gasteiger partial charge >= 0.3 is 0 Å². The highest BCUT2D eigenvalue weighted by molar-refractivity contribution is 9.10. The predicted octanol–water partition coefficient (Wildman–Crippen LogP) is 1.49. The molecular formula is C11H15BrN2O4S2. The molecule has 0 aliphatic carbocycles. The second-order valence-corrected chi connectivity index (χ2v) is 9.54. The molecule has 0 saturated heterocycles. The first kappa shape index (κ1) is 15.6. The van der Waals surface area contributed by atoms with Crippen molar-refractivity contribution < 1.29 is 16.8 Å². The summed E-state index contributed by atoms with van der Waals surface area (Å²) < 4.78 is 50.1. The Morgan fingerprint density at radius 1 is 1.30 bits per heavy atom. The van der Waals surface area contributed by atoms with Gasteiger partial charge in [-0.25, -0.2) is 16.8 Å². The topological polar surface area (TPSA) is 83.6 Å². The second kappa shape index (κ2) is 5.53. The smallest absolute Gasteiger partial charge is 0.242 e. The number of aryl methyl sites for hydroxylation is 1. The molecule has 0 radical (unpaired) electrons. The summed E-state index contributed by atoms with van der Waals surface area (Å²) in [5.74, 6) is 0. The summed E-state index contributed by atoms with van der Waals surface area (Å²) in [4.78, 5) is 0. The van der Waals surface area contributed by atoms with Gasteiger partial charge in [0, 0.05) is 6.54 Å². The van der Waals surface area contributed by atoms with E-state index in [0.29, 0.717) is 17.9 Å². The van der Waals surface area contributed by atoms with Crippen molar-refractivity contribution in [2.24, 2.45) is 0 Å². The van der Waals surface area contributed by atoms with Gasteiger partial charge in [-0.05, 0) is 30.5 Å². The Morgan fingerprint density at radius 3 is 2.60 bits per heavy atom. The molecule has 0 unspecified atom stereocenters. The molecule has 0 fully saturated rings. The second-order valence-electron chi connectivity index (χ2n) is 4.61. The van der Waals surface area contributed by atoms with E-state index >= 15 is 0 Å². The van der Waals surface area contributed by atoms with Crippen LogP contribution in [0.1, 0.15) is 12.0 Å². The van der Waals surface area contributed by atoms with Gasteiger partial charge in [-0.15, -0.1) is 0 Å². The van der Waals surface area contributed by atoms with Crippen LogP contribution in [0.25, 0.3) is 0 Å². The van der Waals surface area contributed by atoms with Crippen molar-refractivity contribution in [2.75, 3.05) is 26.5 Å². The van der Waals surface area contributed by atoms with Crippen LogP contribution in [0.15, 0.2) is 18.2 Å². The minimum Gasteiger partial charge on any atom is -0.283 e. The summed E-state index contributed by atoms with van der Waals surface area (Å²) >= 11 is 2.89. The highest BCUT2D eigenvalue weighted by Gasteiger charge is 2.24. The molecule has 1 aromatic carbocycles. The van der Waals surface area contributed by atoms with Crippen molar-refractivity contribution in [1.29, 1.82) is 0 Å². The standard InChI is InChI=1S/C11H15BrN2O4S2/c1-19(15,16)14-6-2-3-9-4-5-10(7-11(9)14)13-20(17,18)8-12/h4-5,7,13H,2-3,6,8H2,1H3. The van der Waals surface area contributed by atoms with Gasteiger partial charge in [0.15, 0.2) is 0 Å². The van der Waals surface area contributed by atoms with Gasteiger partial charge in [-0.3, -0.25) is 9.03 Å². The van der Waals surface area contributed by atoms with Crippen LogP contribution in [0.5, 0.6) is 0 Å². The van der Waals surface area contributed by atoms with E-state index in [0.717, 1.165) is 24.7 Å². The summed E-state index contributed by atoms with van der Waals surface area (Å²) in [6.07, 6.45) is 2.69. The van der Waals surface area contributed by atoms with Crippen molar-refractivity contribution in [3.05, 3.63) is 23.8 Å². The van der Waals surface area contributed by atoms with E-state index in [1.165, 1.54) is 4.31 Å². The van der Waals surface area contributed by atoms with Crippen molar-refractivity contribution in [3.8, 4) is 0 Å². The van der Waals surface area contributed by atoms with Crippen molar-refractivity contribution >= 4 is 47.4 Å². The Labute approximate surface area is 127 Å². The first-order valence-electron chi connectivity index (χ1n) is 5.90. The molecule has 1 aliphatic rings. The molecule has 2 rings (SSSR count). The maximum atomic E-state index is 11.8. The number of nitrogens with one attached hydrogen (secondary N) is 1. The number of hydrogen-bond acceptors (Lipinski definition) is 4. The summed E-state index contributed by atoms with van der Waals surface area (Å²) in [6.45, 7) is 0.417. The third-order valence-corrected chi connectivity index (χ3v) is 6.80. The number of rotatable bonds is 4. The molecule has 112 valence electrons. The Balaban J connectivity index is 2.43. The Kier molecular flexibility index (Phi) is 4.31. The first-order chi connectivity index (χ1) is 9.23. The van der Waals surface area contributed by atoms with Crippen LogP contribution in [-0.2, 0) is 26.5 Å². The molecule has 1 N–H and O–H groups in total. The normalized spacial score (nSPS) is 15.8. The Morgan fingerprint density at radius 2 is 2.00 bits per heavy atom. The monoisotopic (exact) mass is 382 g/mol. The molecule has 6 nitrogen and oxygen atoms in total. The largest absolute Gasteiger partial charge is 0.283 e. The predicted molar refractivity (Wildman–Crippen MR) is 83.3 cm³/mol. The lowest BCUT2D eigenvalue weighted by atomic mass is 10.0. The summed E-state index contributed by atoms with van der Waals surface area (Å²) in [7, 11) is -6.81. The summed E-state index contributed by atoms with van der Waals surface area (Å²) in [6, 6.07) is 4.97. The number of fused-ring (bicyclic) bond motifs is 1. The van der Waals surface area contributed by atoms with Gasteiger partial charge < -0.3 is 0 Å². The fourth-order valence-electron chi connectivity index (χ4n) is 2.16. The van der Waals surface area contributed by atoms with Gasteiger partial charge in [0.2, 0.25) is 20.0 Å². The number of halogens is 1. The number of alkyl halides is 1. The van der Waals surface area contributed by atoms with E-state index in [-0.39, 0.29) is 4.66 Å². The van der Waals surface area contributed by atoms with Crippen LogP contribution < -0.4 is 9.03 Å². The minimum atomic E-state index is -3.45. The molecule has 0 amide bonds. The average molecular weight is 383 g/mol. The van der Waals surface area contributed by atoms with Crippen LogP contribution in [-0.4, -0.2) is 34.3 Å². The van der Waals surface area contributed by atoms with Gasteiger partial charge in [0.25, 0.3) is 0 Å². The molecule has 0 spiro atoms. The number of hydrogen-bond donors (Lipinski definition) is 1. The van der Waals surface area contributed by atoms with Gasteiger partial charge in [0.05, 0.1) is 17.6 Å². The lowest BCUT2D eigenvalue weighted by molar-refractivity contribution is 0.592. The molecule has 0 bridgehead atoms. The van der Waals surface area contributed by atoms with E-state index in [4.69, 9.17) is 0 Å². The molecule has 9 heteroatoms. The molecule has 0 aromatic heterocycles. The van der Waals surface area contributed by atoms with Crippen LogP contribution in [0.4, 0.5) is 11.4 Å². The minimum absolute atomic E-state index is 0.215. The molecule has 1 aromatic rings. The van der Waals surface area contributed by atoms with Gasteiger partial charge in [0.1, 0.15) is 4.66 Å². The zero-order valence-electron chi connectivity index (χ0n) is 10.8. The molecule has 20 heavy (non-hydrogen) atoms. The zero-order valence-corrected chi connectivity index (χ0v) is 14.1. The summed E-state index contributed by atoms with van der Waals surface area (Å²) in [5.41, 5.74) is 1.82. The average Bonchev–Trinajstić information content (AvgIpc) is 2.36. The maximum Gasteiger partial charge on any atom is 0.242 e. The van der Waals surface area contributed by atoms with E-state index in [2.05, 4.69) is 20.7 Å². The molecule has 0 saturated carbocycles. The van der Waals surface area contributed by atoms with Gasteiger partial charge in [-0.2, -0.15) is 0 Å². The highest BCUT2D eigenvalue weighted by atomic mass is 79.9. The lowest BCUT2D eigenvalue weighted by Gasteiger charge is -2.29. The van der Waals surface area contributed by atoms with Crippen LogP contribution >= 0.6 is 15.9 Å². The Bertz CT molecular complexity index is 716. The third-order valence-electron chi connectivity index (χ3n) is 2.98. The summed E-state index contributed by atoms with van der Waals surface area (Å²) in [5, 5.41) is 0. The highest BCUT2D eigenvalue weighted by Crippen LogP contribution is 2.32. The number of nitrogens with zero attached hydrogens (tertiary/aromatic N) is 1. The molecule has 0 atom stereocenters. The molecule has 1 aliphatic heterocycles. The number of benzene rings is 1. The number of anilines is 2. The zero-order chi connectivity index (χ0) is 15.0.